The molecule has 0 spiro atoms. The van der Waals surface area contributed by atoms with Crippen LogP contribution < -0.4 is 10.9 Å². The van der Waals surface area contributed by atoms with Gasteiger partial charge >= 0.3 is 0 Å². The van der Waals surface area contributed by atoms with Crippen LogP contribution in [0.5, 0.6) is 0 Å². The van der Waals surface area contributed by atoms with E-state index in [2.05, 4.69) is 15.4 Å². The van der Waals surface area contributed by atoms with Crippen molar-refractivity contribution in [2.24, 2.45) is 0 Å². The molecule has 0 saturated heterocycles. The monoisotopic (exact) mass is 425 g/mol. The minimum atomic E-state index is -0.401. The van der Waals surface area contributed by atoms with Crippen LogP contribution in [0, 0.1) is 5.82 Å². The summed E-state index contributed by atoms with van der Waals surface area (Å²) in [6.07, 6.45) is 2.96. The molecule has 2 aromatic carbocycles. The van der Waals surface area contributed by atoms with Gasteiger partial charge in [-0.05, 0) is 42.0 Å². The number of carbonyl (C=O) groups is 1. The number of halogens is 2. The minimum Gasteiger partial charge on any atom is -0.350 e. The molecule has 0 radical (unpaired) electrons. The fraction of sp³-hybridized carbons (Fsp3) is 0.143. The lowest BCUT2D eigenvalue weighted by molar-refractivity contribution is 0.0952. The summed E-state index contributed by atoms with van der Waals surface area (Å²) in [5.74, 6) is -0.716. The standard InChI is InChI=1S/C21H17ClFN5O2/c22-16-5-1-14(2-6-16)12-27-13-25-19-18(21(27)30)11-26-28(19)10-9-24-20(29)15-3-7-17(23)8-4-15/h1-8,11,13H,9-10,12H2,(H,24,29). The average Bonchev–Trinajstić information content (AvgIpc) is 3.16. The second-order valence-corrected chi connectivity index (χ2v) is 7.11. The Morgan fingerprint density at radius 2 is 1.83 bits per heavy atom. The maximum Gasteiger partial charge on any atom is 0.264 e. The number of hydrogen-bond acceptors (Lipinski definition) is 4. The predicted molar refractivity (Wildman–Crippen MR) is 111 cm³/mol. The zero-order valence-electron chi connectivity index (χ0n) is 15.8. The highest BCUT2D eigenvalue weighted by atomic mass is 35.5. The number of nitrogens with one attached hydrogen (secondary N) is 1. The Morgan fingerprint density at radius 1 is 1.10 bits per heavy atom. The van der Waals surface area contributed by atoms with E-state index in [0.717, 1.165) is 5.56 Å². The zero-order chi connectivity index (χ0) is 21.1. The fourth-order valence-electron chi connectivity index (χ4n) is 3.04. The molecule has 0 aliphatic carbocycles. The number of fused-ring (bicyclic) bond motifs is 1. The van der Waals surface area contributed by atoms with Gasteiger partial charge in [0, 0.05) is 17.1 Å². The van der Waals surface area contributed by atoms with E-state index in [-0.39, 0.29) is 18.0 Å². The predicted octanol–water partition coefficient (Wildman–Crippen LogP) is 2.86. The summed E-state index contributed by atoms with van der Waals surface area (Å²) < 4.78 is 16.0. The first kappa shape index (κ1) is 19.8. The summed E-state index contributed by atoms with van der Waals surface area (Å²) in [5, 5.41) is 7.99. The Balaban J connectivity index is 1.45. The number of rotatable bonds is 6. The first-order valence-corrected chi connectivity index (χ1v) is 9.58. The third-order valence-electron chi connectivity index (χ3n) is 4.60. The average molecular weight is 426 g/mol. The van der Waals surface area contributed by atoms with E-state index < -0.39 is 5.82 Å². The first-order valence-electron chi connectivity index (χ1n) is 9.20. The number of aromatic nitrogens is 4. The molecule has 1 N–H and O–H groups in total. The third-order valence-corrected chi connectivity index (χ3v) is 4.86. The van der Waals surface area contributed by atoms with Gasteiger partial charge in [-0.15, -0.1) is 0 Å². The van der Waals surface area contributed by atoms with Crippen LogP contribution in [0.3, 0.4) is 0 Å². The van der Waals surface area contributed by atoms with Crippen molar-refractivity contribution in [3.63, 3.8) is 0 Å². The van der Waals surface area contributed by atoms with Crippen molar-refractivity contribution in [3.05, 3.63) is 93.4 Å². The second-order valence-electron chi connectivity index (χ2n) is 6.67. The molecule has 1 amide bonds. The van der Waals surface area contributed by atoms with Gasteiger partial charge in [0.15, 0.2) is 5.65 Å². The van der Waals surface area contributed by atoms with E-state index in [9.17, 15) is 14.0 Å². The maximum absolute atomic E-state index is 13.0. The van der Waals surface area contributed by atoms with Crippen molar-refractivity contribution in [1.82, 2.24) is 24.6 Å². The van der Waals surface area contributed by atoms with Gasteiger partial charge in [-0.3, -0.25) is 14.2 Å². The lowest BCUT2D eigenvalue weighted by Gasteiger charge is -2.08. The third kappa shape index (κ3) is 4.23. The van der Waals surface area contributed by atoms with Crippen molar-refractivity contribution in [1.29, 1.82) is 0 Å². The van der Waals surface area contributed by atoms with E-state index in [1.54, 1.807) is 16.8 Å². The highest BCUT2D eigenvalue weighted by molar-refractivity contribution is 6.30. The molecule has 0 unspecified atom stereocenters. The van der Waals surface area contributed by atoms with Crippen LogP contribution >= 0.6 is 11.6 Å². The van der Waals surface area contributed by atoms with Crippen LogP contribution in [0.4, 0.5) is 4.39 Å². The molecule has 0 saturated carbocycles. The van der Waals surface area contributed by atoms with Gasteiger partial charge in [-0.1, -0.05) is 23.7 Å². The van der Waals surface area contributed by atoms with Crippen molar-refractivity contribution in [2.75, 3.05) is 6.54 Å². The Bertz CT molecular complexity index is 1250. The normalized spacial score (nSPS) is 11.0. The number of carbonyl (C=O) groups excluding carboxylic acids is 1. The molecular formula is C21H17ClFN5O2. The second kappa shape index (κ2) is 8.46. The Labute approximate surface area is 175 Å². The molecule has 9 heteroatoms. The van der Waals surface area contributed by atoms with Crippen molar-refractivity contribution in [3.8, 4) is 0 Å². The fourth-order valence-corrected chi connectivity index (χ4v) is 3.16. The molecule has 30 heavy (non-hydrogen) atoms. The summed E-state index contributed by atoms with van der Waals surface area (Å²) in [6, 6.07) is 12.5. The Morgan fingerprint density at radius 3 is 2.57 bits per heavy atom. The smallest absolute Gasteiger partial charge is 0.264 e. The summed E-state index contributed by atoms with van der Waals surface area (Å²) in [7, 11) is 0. The lowest BCUT2D eigenvalue weighted by atomic mass is 10.2. The summed E-state index contributed by atoms with van der Waals surface area (Å²) in [5.41, 5.74) is 1.54. The summed E-state index contributed by atoms with van der Waals surface area (Å²) in [6.45, 7) is 0.991. The van der Waals surface area contributed by atoms with E-state index in [0.29, 0.717) is 34.7 Å². The van der Waals surface area contributed by atoms with Crippen molar-refractivity contribution >= 4 is 28.5 Å². The highest BCUT2D eigenvalue weighted by Gasteiger charge is 2.11. The van der Waals surface area contributed by atoms with Gasteiger partial charge in [-0.2, -0.15) is 5.10 Å². The molecule has 152 valence electrons. The Hall–Kier alpha value is -3.52. The first-order chi connectivity index (χ1) is 14.5. The van der Waals surface area contributed by atoms with Crippen LogP contribution in [0.15, 0.2) is 65.8 Å². The molecule has 0 atom stereocenters. The van der Waals surface area contributed by atoms with Crippen LogP contribution in [-0.4, -0.2) is 31.8 Å². The molecule has 0 fully saturated rings. The molecule has 4 rings (SSSR count). The number of amides is 1. The van der Waals surface area contributed by atoms with Crippen molar-refractivity contribution < 1.29 is 9.18 Å². The van der Waals surface area contributed by atoms with Gasteiger partial charge in [-0.25, -0.2) is 14.1 Å². The van der Waals surface area contributed by atoms with Crippen LogP contribution in [-0.2, 0) is 13.1 Å². The molecule has 0 aliphatic heterocycles. The van der Waals surface area contributed by atoms with E-state index in [1.807, 2.05) is 12.1 Å². The van der Waals surface area contributed by atoms with Gasteiger partial charge in [0.05, 0.1) is 19.3 Å². The van der Waals surface area contributed by atoms with Gasteiger partial charge in [0.2, 0.25) is 0 Å². The largest absolute Gasteiger partial charge is 0.350 e. The van der Waals surface area contributed by atoms with Crippen LogP contribution in [0.2, 0.25) is 5.02 Å². The molecule has 0 bridgehead atoms. The minimum absolute atomic E-state index is 0.198. The summed E-state index contributed by atoms with van der Waals surface area (Å²) in [4.78, 5) is 29.2. The van der Waals surface area contributed by atoms with Crippen LogP contribution in [0.25, 0.3) is 11.0 Å². The SMILES string of the molecule is O=C(NCCn1ncc2c(=O)n(Cc3ccc(Cl)cc3)cnc21)c1ccc(F)cc1. The van der Waals surface area contributed by atoms with E-state index in [1.165, 1.54) is 41.4 Å². The van der Waals surface area contributed by atoms with Gasteiger partial charge in [0.1, 0.15) is 17.5 Å². The zero-order valence-corrected chi connectivity index (χ0v) is 16.5. The number of hydrogen-bond donors (Lipinski definition) is 1. The lowest BCUT2D eigenvalue weighted by Crippen LogP contribution is -2.27. The molecule has 2 aromatic heterocycles. The maximum atomic E-state index is 13.0. The molecular weight excluding hydrogens is 409 g/mol. The number of nitrogens with zero attached hydrogens (tertiary/aromatic N) is 4. The van der Waals surface area contributed by atoms with Gasteiger partial charge < -0.3 is 5.32 Å². The van der Waals surface area contributed by atoms with Crippen molar-refractivity contribution in [2.45, 2.75) is 13.1 Å². The highest BCUT2D eigenvalue weighted by Crippen LogP contribution is 2.11. The molecule has 2 heterocycles. The van der Waals surface area contributed by atoms with E-state index in [4.69, 9.17) is 11.6 Å². The quantitative estimate of drug-likeness (QED) is 0.515. The summed E-state index contributed by atoms with van der Waals surface area (Å²) >= 11 is 5.90. The molecule has 7 nitrogen and oxygen atoms in total. The number of benzene rings is 2. The Kier molecular flexibility index (Phi) is 5.58. The topological polar surface area (TPSA) is 81.8 Å². The molecule has 0 aliphatic rings. The molecule has 4 aromatic rings. The van der Waals surface area contributed by atoms with E-state index >= 15 is 0 Å². The van der Waals surface area contributed by atoms with Crippen LogP contribution in [0.1, 0.15) is 15.9 Å². The van der Waals surface area contributed by atoms with Gasteiger partial charge in [0.25, 0.3) is 11.5 Å².